The summed E-state index contributed by atoms with van der Waals surface area (Å²) in [6.45, 7) is 0. The third-order valence-corrected chi connectivity index (χ3v) is 3.98. The Bertz CT molecular complexity index is 828. The van der Waals surface area contributed by atoms with Crippen LogP contribution in [-0.2, 0) is 0 Å². The highest BCUT2D eigenvalue weighted by atomic mass is 35.5. The molecule has 0 unspecified atom stereocenters. The molecule has 3 aromatic rings. The van der Waals surface area contributed by atoms with Gasteiger partial charge in [0.05, 0.1) is 4.34 Å². The maximum atomic E-state index is 13.8. The molecule has 0 aliphatic rings. The van der Waals surface area contributed by atoms with Gasteiger partial charge in [-0.2, -0.15) is 5.10 Å². The number of aromatic carboxylic acids is 1. The van der Waals surface area contributed by atoms with Crippen molar-refractivity contribution in [1.82, 2.24) is 9.78 Å². The molecule has 7 heteroatoms. The molecule has 0 atom stereocenters. The van der Waals surface area contributed by atoms with Crippen LogP contribution in [0.4, 0.5) is 4.39 Å². The number of hydrogen-bond donors (Lipinski definition) is 1. The van der Waals surface area contributed by atoms with Crippen molar-refractivity contribution in [3.05, 3.63) is 57.6 Å². The van der Waals surface area contributed by atoms with Gasteiger partial charge in [0.2, 0.25) is 0 Å². The van der Waals surface area contributed by atoms with E-state index >= 15 is 0 Å². The molecule has 0 radical (unpaired) electrons. The molecule has 4 nitrogen and oxygen atoms in total. The zero-order valence-electron chi connectivity index (χ0n) is 10.5. The SMILES string of the molecule is O=C(O)c1cn(-c2ccccc2F)nc1-c1csc(Cl)c1. The lowest BCUT2D eigenvalue weighted by atomic mass is 10.1. The Morgan fingerprint density at radius 3 is 2.76 bits per heavy atom. The van der Waals surface area contributed by atoms with E-state index in [-0.39, 0.29) is 16.9 Å². The topological polar surface area (TPSA) is 55.1 Å². The number of benzene rings is 1. The summed E-state index contributed by atoms with van der Waals surface area (Å²) in [6.07, 6.45) is 1.29. The highest BCUT2D eigenvalue weighted by molar-refractivity contribution is 7.14. The van der Waals surface area contributed by atoms with Crippen LogP contribution in [0.5, 0.6) is 0 Å². The second-order valence-electron chi connectivity index (χ2n) is 4.23. The van der Waals surface area contributed by atoms with Crippen LogP contribution < -0.4 is 0 Å². The fourth-order valence-corrected chi connectivity index (χ4v) is 2.80. The summed E-state index contributed by atoms with van der Waals surface area (Å²) in [5.74, 6) is -1.61. The second-order valence-corrected chi connectivity index (χ2v) is 5.77. The maximum absolute atomic E-state index is 13.8. The minimum absolute atomic E-state index is 0.00674. The quantitative estimate of drug-likeness (QED) is 0.790. The fourth-order valence-electron chi connectivity index (χ4n) is 1.94. The van der Waals surface area contributed by atoms with E-state index in [1.54, 1.807) is 23.6 Å². The van der Waals surface area contributed by atoms with Crippen molar-refractivity contribution < 1.29 is 14.3 Å². The standard InChI is InChI=1S/C14H8ClFN2O2S/c15-12-5-8(7-21-12)13-9(14(19)20)6-18(17-13)11-4-2-1-3-10(11)16/h1-7H,(H,19,20). The summed E-state index contributed by atoms with van der Waals surface area (Å²) in [5, 5.41) is 15.2. The second kappa shape index (κ2) is 5.31. The predicted octanol–water partition coefficient (Wildman–Crippen LogP) is 4.09. The number of halogens is 2. The van der Waals surface area contributed by atoms with Crippen molar-refractivity contribution in [1.29, 1.82) is 0 Å². The lowest BCUT2D eigenvalue weighted by Gasteiger charge is -2.01. The Labute approximate surface area is 128 Å². The molecule has 0 amide bonds. The summed E-state index contributed by atoms with van der Waals surface area (Å²) < 4.78 is 15.5. The van der Waals surface area contributed by atoms with Crippen LogP contribution in [0, 0.1) is 5.82 Å². The van der Waals surface area contributed by atoms with Gasteiger partial charge in [-0.3, -0.25) is 0 Å². The van der Waals surface area contributed by atoms with Crippen LogP contribution in [0.25, 0.3) is 16.9 Å². The smallest absolute Gasteiger partial charge is 0.339 e. The van der Waals surface area contributed by atoms with Crippen molar-refractivity contribution in [2.24, 2.45) is 0 Å². The van der Waals surface area contributed by atoms with E-state index in [1.165, 1.54) is 34.3 Å². The van der Waals surface area contributed by atoms with Crippen molar-refractivity contribution in [2.75, 3.05) is 0 Å². The minimum atomic E-state index is -1.13. The number of carboxylic acid groups (broad SMARTS) is 1. The normalized spacial score (nSPS) is 10.8. The van der Waals surface area contributed by atoms with Gasteiger partial charge in [0.1, 0.15) is 22.8 Å². The summed E-state index contributed by atoms with van der Waals surface area (Å²) in [4.78, 5) is 11.4. The monoisotopic (exact) mass is 322 g/mol. The van der Waals surface area contributed by atoms with Crippen molar-refractivity contribution in [3.8, 4) is 16.9 Å². The van der Waals surface area contributed by atoms with Gasteiger partial charge in [-0.25, -0.2) is 13.9 Å². The molecule has 1 aromatic carbocycles. The summed E-state index contributed by atoms with van der Waals surface area (Å²) in [6, 6.07) is 7.66. The van der Waals surface area contributed by atoms with Gasteiger partial charge in [0.25, 0.3) is 0 Å². The zero-order chi connectivity index (χ0) is 15.0. The molecule has 3 rings (SSSR count). The molecule has 1 N–H and O–H groups in total. The van der Waals surface area contributed by atoms with Gasteiger partial charge in [-0.15, -0.1) is 11.3 Å². The van der Waals surface area contributed by atoms with E-state index in [9.17, 15) is 14.3 Å². The van der Waals surface area contributed by atoms with Crippen molar-refractivity contribution in [2.45, 2.75) is 0 Å². The molecule has 0 aliphatic carbocycles. The Morgan fingerprint density at radius 2 is 2.14 bits per heavy atom. The number of para-hydroxylation sites is 1. The number of carbonyl (C=O) groups is 1. The van der Waals surface area contributed by atoms with Crippen LogP contribution in [0.2, 0.25) is 4.34 Å². The first-order chi connectivity index (χ1) is 10.1. The fraction of sp³-hybridized carbons (Fsp3) is 0. The molecule has 0 aliphatic heterocycles. The molecule has 0 fully saturated rings. The van der Waals surface area contributed by atoms with Crippen molar-refractivity contribution in [3.63, 3.8) is 0 Å². The Hall–Kier alpha value is -2.18. The average molecular weight is 323 g/mol. The molecule has 106 valence electrons. The van der Waals surface area contributed by atoms with Crippen LogP contribution in [-0.4, -0.2) is 20.9 Å². The largest absolute Gasteiger partial charge is 0.478 e. The average Bonchev–Trinajstić information content (AvgIpc) is 3.05. The first-order valence-corrected chi connectivity index (χ1v) is 7.14. The van der Waals surface area contributed by atoms with Crippen LogP contribution in [0.3, 0.4) is 0 Å². The number of hydrogen-bond acceptors (Lipinski definition) is 3. The number of thiophene rings is 1. The summed E-state index contributed by atoms with van der Waals surface area (Å²) in [7, 11) is 0. The number of rotatable bonds is 3. The molecule has 2 heterocycles. The van der Waals surface area contributed by atoms with Gasteiger partial charge in [0, 0.05) is 17.1 Å². The van der Waals surface area contributed by atoms with Gasteiger partial charge in [0.15, 0.2) is 0 Å². The van der Waals surface area contributed by atoms with E-state index in [1.807, 2.05) is 0 Å². The molecular weight excluding hydrogens is 315 g/mol. The summed E-state index contributed by atoms with van der Waals surface area (Å²) in [5.41, 5.74) is 1.03. The molecular formula is C14H8ClFN2O2S. The molecule has 21 heavy (non-hydrogen) atoms. The van der Waals surface area contributed by atoms with E-state index in [0.29, 0.717) is 9.90 Å². The van der Waals surface area contributed by atoms with Gasteiger partial charge in [-0.05, 0) is 18.2 Å². The van der Waals surface area contributed by atoms with E-state index in [4.69, 9.17) is 11.6 Å². The number of nitrogens with zero attached hydrogens (tertiary/aromatic N) is 2. The first-order valence-electron chi connectivity index (χ1n) is 5.88. The molecule has 2 aromatic heterocycles. The van der Waals surface area contributed by atoms with E-state index in [2.05, 4.69) is 5.10 Å². The van der Waals surface area contributed by atoms with Crippen LogP contribution in [0.15, 0.2) is 41.9 Å². The first kappa shape index (κ1) is 13.8. The Kier molecular flexibility index (Phi) is 3.48. The predicted molar refractivity (Wildman–Crippen MR) is 78.8 cm³/mol. The summed E-state index contributed by atoms with van der Waals surface area (Å²) >= 11 is 7.14. The van der Waals surface area contributed by atoms with E-state index < -0.39 is 11.8 Å². The molecule has 0 saturated heterocycles. The Balaban J connectivity index is 2.18. The van der Waals surface area contributed by atoms with Gasteiger partial charge in [-0.1, -0.05) is 23.7 Å². The Morgan fingerprint density at radius 1 is 1.38 bits per heavy atom. The van der Waals surface area contributed by atoms with Crippen molar-refractivity contribution >= 4 is 28.9 Å². The third-order valence-electron chi connectivity index (χ3n) is 2.88. The van der Waals surface area contributed by atoms with Crippen LogP contribution in [0.1, 0.15) is 10.4 Å². The zero-order valence-corrected chi connectivity index (χ0v) is 12.0. The molecule has 0 spiro atoms. The third kappa shape index (κ3) is 2.55. The van der Waals surface area contributed by atoms with Gasteiger partial charge < -0.3 is 5.11 Å². The number of carboxylic acids is 1. The minimum Gasteiger partial charge on any atom is -0.478 e. The van der Waals surface area contributed by atoms with E-state index in [0.717, 1.165) is 0 Å². The molecule has 0 bridgehead atoms. The van der Waals surface area contributed by atoms with Crippen LogP contribution >= 0.6 is 22.9 Å². The highest BCUT2D eigenvalue weighted by Gasteiger charge is 2.19. The highest BCUT2D eigenvalue weighted by Crippen LogP contribution is 2.30. The number of aromatic nitrogens is 2. The van der Waals surface area contributed by atoms with Gasteiger partial charge >= 0.3 is 5.97 Å². The lowest BCUT2D eigenvalue weighted by molar-refractivity contribution is 0.0697. The lowest BCUT2D eigenvalue weighted by Crippen LogP contribution is -1.98. The maximum Gasteiger partial charge on any atom is 0.339 e. The molecule has 0 saturated carbocycles.